The van der Waals surface area contributed by atoms with E-state index in [9.17, 15) is 16.8 Å². The largest absolute Gasteiger partial charge is 0.383 e. The molecule has 0 aliphatic carbocycles. The Balaban J connectivity index is 2.24. The lowest BCUT2D eigenvalue weighted by molar-refractivity contribution is 0.187. The average Bonchev–Trinajstić information content (AvgIpc) is 2.95. The number of thiazole rings is 1. The lowest BCUT2D eigenvalue weighted by Gasteiger charge is -2.05. The van der Waals surface area contributed by atoms with Gasteiger partial charge in [0.15, 0.2) is 0 Å². The van der Waals surface area contributed by atoms with E-state index in [0.29, 0.717) is 23.4 Å². The van der Waals surface area contributed by atoms with Crippen molar-refractivity contribution in [2.45, 2.75) is 16.3 Å². The summed E-state index contributed by atoms with van der Waals surface area (Å²) in [6.07, 6.45) is 0. The van der Waals surface area contributed by atoms with Gasteiger partial charge in [-0.3, -0.25) is 0 Å². The second-order valence-electron chi connectivity index (χ2n) is 5.58. The quantitative estimate of drug-likeness (QED) is 0.635. The van der Waals surface area contributed by atoms with Crippen LogP contribution in [0.2, 0.25) is 0 Å². The smallest absolute Gasteiger partial charge is 0.285 e. The molecule has 0 aliphatic heterocycles. The fourth-order valence-electron chi connectivity index (χ4n) is 2.45. The first-order valence-electron chi connectivity index (χ1n) is 7.73. The molecule has 0 fully saturated rings. The van der Waals surface area contributed by atoms with Crippen molar-refractivity contribution in [2.24, 2.45) is 9.54 Å². The molecule has 0 aliphatic rings. The van der Waals surface area contributed by atoms with Crippen LogP contribution in [0, 0.1) is 0 Å². The maximum Gasteiger partial charge on any atom is 0.285 e. The number of aromatic nitrogens is 1. The summed E-state index contributed by atoms with van der Waals surface area (Å²) in [7, 11) is -6.25. The molecule has 0 atom stereocenters. The number of primary sulfonamides is 1. The summed E-state index contributed by atoms with van der Waals surface area (Å²) in [5, 5.41) is 5.18. The first kappa shape index (κ1) is 19.7. The second-order valence-corrected chi connectivity index (χ2v) is 9.76. The average molecular weight is 428 g/mol. The summed E-state index contributed by atoms with van der Waals surface area (Å²) < 4.78 is 59.7. The fourth-order valence-corrected chi connectivity index (χ4v) is 5.38. The van der Waals surface area contributed by atoms with E-state index in [1.165, 1.54) is 31.4 Å². The molecule has 144 valence electrons. The molecule has 3 aromatic rings. The van der Waals surface area contributed by atoms with E-state index in [1.807, 2.05) is 0 Å². The van der Waals surface area contributed by atoms with Gasteiger partial charge in [0.05, 0.1) is 26.6 Å². The number of hydrogen-bond donors (Lipinski definition) is 1. The first-order chi connectivity index (χ1) is 12.7. The molecule has 0 unspecified atom stereocenters. The number of fused-ring (bicyclic) bond motifs is 1. The standard InChI is InChI=1S/C16H17N3O5S3/c1-24-10-9-19-14-8-7-13(26(17,20)21)11-15(14)25-16(19)18-27(22,23)12-5-3-2-4-6-12/h2-8,11H,9-10H2,1H3,(H2,17,20,21). The van der Waals surface area contributed by atoms with Gasteiger partial charge < -0.3 is 9.30 Å². The molecule has 8 nitrogen and oxygen atoms in total. The van der Waals surface area contributed by atoms with E-state index in [2.05, 4.69) is 4.40 Å². The molecule has 0 radical (unpaired) electrons. The van der Waals surface area contributed by atoms with E-state index in [0.717, 1.165) is 11.3 Å². The molecular weight excluding hydrogens is 410 g/mol. The Morgan fingerprint density at radius 1 is 1.07 bits per heavy atom. The third kappa shape index (κ3) is 4.28. The molecule has 0 saturated carbocycles. The number of nitrogens with zero attached hydrogens (tertiary/aromatic N) is 2. The maximum absolute atomic E-state index is 12.6. The van der Waals surface area contributed by atoms with Crippen molar-refractivity contribution in [2.75, 3.05) is 13.7 Å². The van der Waals surface area contributed by atoms with Crippen molar-refractivity contribution in [3.8, 4) is 0 Å². The van der Waals surface area contributed by atoms with Crippen LogP contribution < -0.4 is 9.94 Å². The van der Waals surface area contributed by atoms with Gasteiger partial charge in [-0.25, -0.2) is 13.6 Å². The fraction of sp³-hybridized carbons (Fsp3) is 0.188. The summed E-state index contributed by atoms with van der Waals surface area (Å²) in [5.41, 5.74) is 0.645. The lowest BCUT2D eigenvalue weighted by atomic mass is 10.3. The molecule has 0 saturated heterocycles. The Morgan fingerprint density at radius 3 is 2.41 bits per heavy atom. The molecule has 0 spiro atoms. The van der Waals surface area contributed by atoms with Crippen LogP contribution in [0.25, 0.3) is 10.2 Å². The number of methoxy groups -OCH3 is 1. The van der Waals surface area contributed by atoms with E-state index >= 15 is 0 Å². The number of ether oxygens (including phenoxy) is 1. The van der Waals surface area contributed by atoms with Gasteiger partial charge in [-0.15, -0.1) is 4.40 Å². The molecule has 27 heavy (non-hydrogen) atoms. The molecule has 2 N–H and O–H groups in total. The van der Waals surface area contributed by atoms with Crippen molar-refractivity contribution in [3.63, 3.8) is 0 Å². The van der Waals surface area contributed by atoms with Crippen molar-refractivity contribution in [1.82, 2.24) is 4.57 Å². The van der Waals surface area contributed by atoms with Gasteiger partial charge >= 0.3 is 0 Å². The van der Waals surface area contributed by atoms with Crippen LogP contribution >= 0.6 is 11.3 Å². The van der Waals surface area contributed by atoms with E-state index in [-0.39, 0.29) is 14.6 Å². The monoisotopic (exact) mass is 427 g/mol. The minimum absolute atomic E-state index is 0.0485. The van der Waals surface area contributed by atoms with Gasteiger partial charge in [0.1, 0.15) is 0 Å². The van der Waals surface area contributed by atoms with Gasteiger partial charge in [-0.1, -0.05) is 29.5 Å². The molecule has 1 aromatic heterocycles. The Hall–Kier alpha value is -2.05. The summed E-state index contributed by atoms with van der Waals surface area (Å²) in [5.74, 6) is 0. The lowest BCUT2D eigenvalue weighted by Crippen LogP contribution is -2.19. The summed E-state index contributed by atoms with van der Waals surface area (Å²) >= 11 is 1.07. The minimum atomic E-state index is -3.92. The van der Waals surface area contributed by atoms with Crippen LogP contribution in [0.4, 0.5) is 0 Å². The molecule has 3 rings (SSSR count). The third-order valence-corrected chi connectivity index (χ3v) is 7.09. The van der Waals surface area contributed by atoms with Gasteiger partial charge in [-0.2, -0.15) is 8.42 Å². The van der Waals surface area contributed by atoms with Crippen LogP contribution in [-0.2, 0) is 31.3 Å². The number of sulfonamides is 2. The van der Waals surface area contributed by atoms with Crippen LogP contribution in [-0.4, -0.2) is 35.1 Å². The van der Waals surface area contributed by atoms with Crippen LogP contribution in [0.3, 0.4) is 0 Å². The Kier molecular flexibility index (Phi) is 5.49. The van der Waals surface area contributed by atoms with Gasteiger partial charge in [-0.05, 0) is 30.3 Å². The SMILES string of the molecule is COCCn1c(=NS(=O)(=O)c2ccccc2)sc2cc(S(N)(=O)=O)ccc21. The van der Waals surface area contributed by atoms with Crippen molar-refractivity contribution >= 4 is 41.6 Å². The van der Waals surface area contributed by atoms with Crippen molar-refractivity contribution in [3.05, 3.63) is 53.3 Å². The number of benzene rings is 2. The Bertz CT molecular complexity index is 1240. The van der Waals surface area contributed by atoms with Crippen LogP contribution in [0.15, 0.2) is 62.7 Å². The van der Waals surface area contributed by atoms with Crippen molar-refractivity contribution in [1.29, 1.82) is 0 Å². The zero-order valence-electron chi connectivity index (χ0n) is 14.3. The normalized spacial score (nSPS) is 13.3. The third-order valence-electron chi connectivity index (χ3n) is 3.74. The summed E-state index contributed by atoms with van der Waals surface area (Å²) in [6.45, 7) is 0.690. The van der Waals surface area contributed by atoms with Crippen LogP contribution in [0.1, 0.15) is 0 Å². The summed E-state index contributed by atoms with van der Waals surface area (Å²) in [4.78, 5) is 0.246. The molecule has 2 aromatic carbocycles. The van der Waals surface area contributed by atoms with Crippen LogP contribution in [0.5, 0.6) is 0 Å². The van der Waals surface area contributed by atoms with Gasteiger partial charge in [0, 0.05) is 13.7 Å². The highest BCUT2D eigenvalue weighted by Gasteiger charge is 2.16. The molecule has 11 heteroatoms. The van der Waals surface area contributed by atoms with Gasteiger partial charge in [0.2, 0.25) is 14.8 Å². The first-order valence-corrected chi connectivity index (χ1v) is 11.5. The zero-order chi connectivity index (χ0) is 19.7. The topological polar surface area (TPSA) is 121 Å². The van der Waals surface area contributed by atoms with E-state index in [4.69, 9.17) is 9.88 Å². The van der Waals surface area contributed by atoms with Crippen molar-refractivity contribution < 1.29 is 21.6 Å². The number of hydrogen-bond acceptors (Lipinski definition) is 6. The minimum Gasteiger partial charge on any atom is -0.383 e. The predicted octanol–water partition coefficient (Wildman–Crippen LogP) is 1.29. The molecule has 0 amide bonds. The highest BCUT2D eigenvalue weighted by Crippen LogP contribution is 2.22. The Labute approximate surface area is 160 Å². The second kappa shape index (κ2) is 7.52. The molecule has 1 heterocycles. The maximum atomic E-state index is 12.6. The molecular formula is C16H17N3O5S3. The van der Waals surface area contributed by atoms with E-state index in [1.54, 1.807) is 28.8 Å². The predicted molar refractivity (Wildman–Crippen MR) is 102 cm³/mol. The van der Waals surface area contributed by atoms with E-state index < -0.39 is 20.0 Å². The highest BCUT2D eigenvalue weighted by atomic mass is 32.2. The summed E-state index contributed by atoms with van der Waals surface area (Å²) in [6, 6.07) is 12.2. The highest BCUT2D eigenvalue weighted by molar-refractivity contribution is 7.90. The molecule has 0 bridgehead atoms. The van der Waals surface area contributed by atoms with Gasteiger partial charge in [0.25, 0.3) is 10.0 Å². The number of nitrogens with two attached hydrogens (primary N) is 1. The zero-order valence-corrected chi connectivity index (χ0v) is 16.7. The Morgan fingerprint density at radius 2 is 1.78 bits per heavy atom. The number of rotatable bonds is 6.